The fourth-order valence-electron chi connectivity index (χ4n) is 5.22. The van der Waals surface area contributed by atoms with E-state index in [1.165, 1.54) is 109 Å². The van der Waals surface area contributed by atoms with Crippen molar-refractivity contribution in [3.8, 4) is 0 Å². The number of hydrogen-bond donors (Lipinski definition) is 0. The maximum absolute atomic E-state index is 12.8. The SMILES string of the molecule is CCCCCCCCCCCCCC(=O)OC[C@H](CO[P@](C)(=O)OCC[N+](C)(C)C)OC(=O)CCCCCCCCCCCCC. The van der Waals surface area contributed by atoms with Crippen molar-refractivity contribution in [3.05, 3.63) is 0 Å². The molecule has 0 saturated carbocycles. The van der Waals surface area contributed by atoms with Crippen LogP contribution in [0.15, 0.2) is 0 Å². The highest BCUT2D eigenvalue weighted by molar-refractivity contribution is 7.52. The van der Waals surface area contributed by atoms with E-state index in [2.05, 4.69) is 13.8 Å². The molecule has 0 saturated heterocycles. The molecule has 0 aromatic heterocycles. The van der Waals surface area contributed by atoms with Crippen molar-refractivity contribution in [2.75, 3.05) is 54.2 Å². The lowest BCUT2D eigenvalue weighted by molar-refractivity contribution is -0.870. The number of likely N-dealkylation sites (N-methyl/N-ethyl adjacent to an activating group) is 1. The predicted molar refractivity (Wildman–Crippen MR) is 191 cm³/mol. The van der Waals surface area contributed by atoms with Crippen LogP contribution in [0.25, 0.3) is 0 Å². The molecule has 0 radical (unpaired) electrons. The number of quaternary nitrogens is 1. The van der Waals surface area contributed by atoms with Crippen LogP contribution in [-0.4, -0.2) is 76.7 Å². The number of nitrogens with zero attached hydrogens (tertiary/aromatic N) is 1. The summed E-state index contributed by atoms with van der Waals surface area (Å²) in [5, 5.41) is 0. The quantitative estimate of drug-likeness (QED) is 0.0290. The van der Waals surface area contributed by atoms with Crippen molar-refractivity contribution in [3.63, 3.8) is 0 Å². The second-order valence-corrected chi connectivity index (χ2v) is 16.3. The molecule has 0 fully saturated rings. The van der Waals surface area contributed by atoms with Crippen LogP contribution in [0.1, 0.15) is 168 Å². The van der Waals surface area contributed by atoms with Crippen molar-refractivity contribution < 1.29 is 37.2 Å². The smallest absolute Gasteiger partial charge is 0.327 e. The Hall–Kier alpha value is -0.950. The molecular weight excluding hydrogens is 601 g/mol. The third-order valence-electron chi connectivity index (χ3n) is 8.28. The Balaban J connectivity index is 4.44. The summed E-state index contributed by atoms with van der Waals surface area (Å²) < 4.78 is 35.7. The van der Waals surface area contributed by atoms with Crippen LogP contribution >= 0.6 is 7.60 Å². The van der Waals surface area contributed by atoms with Gasteiger partial charge in [0.15, 0.2) is 6.10 Å². The van der Waals surface area contributed by atoms with Crippen LogP contribution in [0.3, 0.4) is 0 Å². The first kappa shape index (κ1) is 45.0. The number of hydrogen-bond acceptors (Lipinski definition) is 7. The first-order valence-electron chi connectivity index (χ1n) is 19.0. The van der Waals surface area contributed by atoms with Gasteiger partial charge in [-0.3, -0.25) is 14.2 Å². The van der Waals surface area contributed by atoms with Gasteiger partial charge in [0.1, 0.15) is 19.8 Å². The van der Waals surface area contributed by atoms with E-state index in [-0.39, 0.29) is 31.8 Å². The monoisotopic (exact) mass is 677 g/mol. The molecule has 0 aliphatic heterocycles. The number of unbranched alkanes of at least 4 members (excludes halogenated alkanes) is 20. The van der Waals surface area contributed by atoms with Gasteiger partial charge in [-0.25, -0.2) is 0 Å². The minimum atomic E-state index is -3.35. The summed E-state index contributed by atoms with van der Waals surface area (Å²) in [4.78, 5) is 25.1. The summed E-state index contributed by atoms with van der Waals surface area (Å²) in [6, 6.07) is 0. The number of carbonyl (C=O) groups excluding carboxylic acids is 2. The molecule has 8 nitrogen and oxygen atoms in total. The fraction of sp³-hybridized carbons (Fsp3) is 0.946. The molecule has 0 aromatic carbocycles. The molecule has 0 aliphatic carbocycles. The summed E-state index contributed by atoms with van der Waals surface area (Å²) in [6.07, 6.45) is 26.5. The molecule has 0 heterocycles. The van der Waals surface area contributed by atoms with Gasteiger partial charge >= 0.3 is 19.5 Å². The maximum atomic E-state index is 12.8. The molecule has 0 spiro atoms. The number of carbonyl (C=O) groups is 2. The standard InChI is InChI=1S/C37H75NO7P/c1-7-9-11-13-15-17-19-21-23-25-27-29-36(39)42-33-35(34-44-46(6,41)43-32-31-38(3,4)5)45-37(40)30-28-26-24-22-20-18-16-14-12-10-8-2/h35H,7-34H2,1-6H3/q+1/t35-,46-/m1/s1. The summed E-state index contributed by atoms with van der Waals surface area (Å²) >= 11 is 0. The summed E-state index contributed by atoms with van der Waals surface area (Å²) in [7, 11) is 2.73. The van der Waals surface area contributed by atoms with Crippen molar-refractivity contribution in [1.29, 1.82) is 0 Å². The molecule has 2 atom stereocenters. The van der Waals surface area contributed by atoms with Gasteiger partial charge < -0.3 is 23.0 Å². The van der Waals surface area contributed by atoms with E-state index in [0.717, 1.165) is 38.5 Å². The van der Waals surface area contributed by atoms with E-state index >= 15 is 0 Å². The average molecular weight is 677 g/mol. The number of ether oxygens (including phenoxy) is 2. The van der Waals surface area contributed by atoms with Crippen molar-refractivity contribution in [2.45, 2.75) is 174 Å². The minimum Gasteiger partial charge on any atom is -0.462 e. The van der Waals surface area contributed by atoms with Crippen LogP contribution in [0.5, 0.6) is 0 Å². The lowest BCUT2D eigenvalue weighted by Gasteiger charge is -2.25. The Labute approximate surface area is 284 Å². The highest BCUT2D eigenvalue weighted by Gasteiger charge is 2.24. The molecule has 0 N–H and O–H groups in total. The van der Waals surface area contributed by atoms with Gasteiger partial charge in [0, 0.05) is 19.5 Å². The van der Waals surface area contributed by atoms with Crippen molar-refractivity contribution >= 4 is 19.5 Å². The van der Waals surface area contributed by atoms with Crippen LogP contribution in [0, 0.1) is 0 Å². The van der Waals surface area contributed by atoms with Crippen molar-refractivity contribution in [2.24, 2.45) is 0 Å². The highest BCUT2D eigenvalue weighted by Crippen LogP contribution is 2.43. The second-order valence-electron chi connectivity index (χ2n) is 14.3. The Morgan fingerprint density at radius 1 is 0.565 bits per heavy atom. The van der Waals surface area contributed by atoms with Crippen LogP contribution in [-0.2, 0) is 32.7 Å². The normalized spacial score (nSPS) is 13.8. The average Bonchev–Trinajstić information content (AvgIpc) is 2.99. The van der Waals surface area contributed by atoms with E-state index in [4.69, 9.17) is 18.5 Å². The zero-order chi connectivity index (χ0) is 34.4. The molecular formula is C37H75NO7P+. The molecule has 0 aliphatic rings. The van der Waals surface area contributed by atoms with Crippen LogP contribution in [0.2, 0.25) is 0 Å². The molecule has 0 unspecified atom stereocenters. The van der Waals surface area contributed by atoms with Crippen molar-refractivity contribution in [1.82, 2.24) is 0 Å². The molecule has 46 heavy (non-hydrogen) atoms. The van der Waals surface area contributed by atoms with E-state index in [0.29, 0.717) is 23.9 Å². The molecule has 0 bridgehead atoms. The second kappa shape index (κ2) is 30.1. The summed E-state index contributed by atoms with van der Waals surface area (Å²) in [5.41, 5.74) is 0. The number of rotatable bonds is 34. The number of esters is 2. The molecule has 0 aromatic rings. The molecule has 0 rings (SSSR count). The lowest BCUT2D eigenvalue weighted by atomic mass is 10.1. The third kappa shape index (κ3) is 33.0. The molecule has 274 valence electrons. The first-order chi connectivity index (χ1) is 22.0. The van der Waals surface area contributed by atoms with E-state index in [1.54, 1.807) is 0 Å². The first-order valence-corrected chi connectivity index (χ1v) is 21.0. The van der Waals surface area contributed by atoms with Gasteiger partial charge in [-0.2, -0.15) is 0 Å². The molecule has 9 heteroatoms. The van der Waals surface area contributed by atoms with Gasteiger partial charge in [-0.1, -0.05) is 142 Å². The summed E-state index contributed by atoms with van der Waals surface area (Å²) in [6.45, 7) is 6.62. The van der Waals surface area contributed by atoms with Crippen LogP contribution in [0.4, 0.5) is 0 Å². The highest BCUT2D eigenvalue weighted by atomic mass is 31.2. The van der Waals surface area contributed by atoms with Gasteiger partial charge in [-0.05, 0) is 12.8 Å². The maximum Gasteiger partial charge on any atom is 0.327 e. The van der Waals surface area contributed by atoms with E-state index < -0.39 is 13.7 Å². The lowest BCUT2D eigenvalue weighted by Crippen LogP contribution is -2.37. The fourth-order valence-corrected chi connectivity index (χ4v) is 6.15. The zero-order valence-electron chi connectivity index (χ0n) is 31.1. The minimum absolute atomic E-state index is 0.111. The zero-order valence-corrected chi connectivity index (χ0v) is 32.0. The Morgan fingerprint density at radius 2 is 0.957 bits per heavy atom. The largest absolute Gasteiger partial charge is 0.462 e. The van der Waals surface area contributed by atoms with Gasteiger partial charge in [-0.15, -0.1) is 0 Å². The third-order valence-corrected chi connectivity index (χ3v) is 9.55. The Morgan fingerprint density at radius 3 is 1.37 bits per heavy atom. The van der Waals surface area contributed by atoms with E-state index in [9.17, 15) is 14.2 Å². The Bertz CT molecular complexity index is 771. The van der Waals surface area contributed by atoms with Gasteiger partial charge in [0.2, 0.25) is 0 Å². The topological polar surface area (TPSA) is 88.1 Å². The molecule has 0 amide bonds. The van der Waals surface area contributed by atoms with Gasteiger partial charge in [0.05, 0.1) is 27.7 Å². The van der Waals surface area contributed by atoms with Crippen LogP contribution < -0.4 is 0 Å². The van der Waals surface area contributed by atoms with Gasteiger partial charge in [0.25, 0.3) is 0 Å². The Kier molecular flexibility index (Phi) is 29.5. The summed E-state index contributed by atoms with van der Waals surface area (Å²) in [5.74, 6) is -0.649. The predicted octanol–water partition coefficient (Wildman–Crippen LogP) is 10.4. The van der Waals surface area contributed by atoms with E-state index in [1.807, 2.05) is 21.1 Å².